The predicted molar refractivity (Wildman–Crippen MR) is 135 cm³/mol. The van der Waals surface area contributed by atoms with E-state index in [-0.39, 0.29) is 11.6 Å². The highest BCUT2D eigenvalue weighted by Crippen LogP contribution is 2.30. The molecule has 1 N–H and O–H groups in total. The molecule has 7 nitrogen and oxygen atoms in total. The molecule has 4 aromatic rings. The van der Waals surface area contributed by atoms with Gasteiger partial charge < -0.3 is 9.15 Å². The Bertz CT molecular complexity index is 1360. The Morgan fingerprint density at radius 1 is 1.09 bits per heavy atom. The molecular weight excluding hydrogens is 448 g/mol. The summed E-state index contributed by atoms with van der Waals surface area (Å²) >= 11 is 5.38. The number of ether oxygens (including phenoxy) is 1. The Hall–Kier alpha value is -4.04. The standard InChI is InChI=1S/C26H24N4O3S/c1-30-23(12-7-8-15-27-29-26(30)31)22(18-34)21-11-5-6-13-24(21)32-16-14-20-17-33-25(28-20)19-9-3-2-4-10-19/h2-13,15,17-18,22H,14,16H2,1H3,(H,29,31). The van der Waals surface area contributed by atoms with Crippen molar-refractivity contribution in [2.24, 2.45) is 7.05 Å². The lowest BCUT2D eigenvalue weighted by Crippen LogP contribution is -2.23. The number of thiocarbonyl (C=S) groups is 1. The van der Waals surface area contributed by atoms with Gasteiger partial charge in [0.1, 0.15) is 12.0 Å². The third kappa shape index (κ3) is 5.47. The van der Waals surface area contributed by atoms with Gasteiger partial charge in [-0.15, -0.1) is 0 Å². The van der Waals surface area contributed by atoms with Crippen molar-refractivity contribution in [2.45, 2.75) is 12.3 Å². The van der Waals surface area contributed by atoms with Gasteiger partial charge in [0.25, 0.3) is 0 Å². The largest absolute Gasteiger partial charge is 0.493 e. The molecule has 0 aliphatic carbocycles. The van der Waals surface area contributed by atoms with Crippen LogP contribution in [0.25, 0.3) is 11.5 Å². The van der Waals surface area contributed by atoms with Gasteiger partial charge in [-0.1, -0.05) is 54.7 Å². The fourth-order valence-corrected chi connectivity index (χ4v) is 3.81. The number of oxazole rings is 1. The van der Waals surface area contributed by atoms with Gasteiger partial charge in [-0.2, -0.15) is 5.10 Å². The number of nitrogens with one attached hydrogen (secondary N) is 1. The molecule has 0 radical (unpaired) electrons. The molecule has 0 fully saturated rings. The first-order valence-electron chi connectivity index (χ1n) is 10.8. The summed E-state index contributed by atoms with van der Waals surface area (Å²) in [5.74, 6) is 0.930. The van der Waals surface area contributed by atoms with E-state index in [2.05, 4.69) is 15.2 Å². The van der Waals surface area contributed by atoms with Crippen molar-refractivity contribution >= 4 is 17.6 Å². The lowest BCUT2D eigenvalue weighted by molar-refractivity contribution is 0.317. The third-order valence-electron chi connectivity index (χ3n) is 5.29. The van der Waals surface area contributed by atoms with Crippen LogP contribution in [0.5, 0.6) is 5.75 Å². The molecule has 0 saturated heterocycles. The minimum Gasteiger partial charge on any atom is -0.493 e. The molecule has 2 aromatic carbocycles. The number of hydrogen-bond donors (Lipinski definition) is 1. The van der Waals surface area contributed by atoms with E-state index in [1.165, 1.54) is 10.8 Å². The summed E-state index contributed by atoms with van der Waals surface area (Å²) in [5.41, 5.74) is 2.95. The number of aromatic amines is 1. The van der Waals surface area contributed by atoms with Crippen molar-refractivity contribution in [1.82, 2.24) is 19.7 Å². The summed E-state index contributed by atoms with van der Waals surface area (Å²) in [6, 6.07) is 22.8. The quantitative estimate of drug-likeness (QED) is 0.376. The number of hydrogen-bond acceptors (Lipinski definition) is 6. The van der Waals surface area contributed by atoms with Gasteiger partial charge in [0, 0.05) is 36.5 Å². The lowest BCUT2D eigenvalue weighted by atomic mass is 9.96. The molecule has 2 heterocycles. The molecule has 0 amide bonds. The Balaban J connectivity index is 1.55. The molecule has 1 unspecified atom stereocenters. The first-order valence-corrected chi connectivity index (χ1v) is 11.2. The highest BCUT2D eigenvalue weighted by atomic mass is 32.1. The van der Waals surface area contributed by atoms with Crippen molar-refractivity contribution in [2.75, 3.05) is 6.61 Å². The summed E-state index contributed by atoms with van der Waals surface area (Å²) < 4.78 is 13.2. The van der Waals surface area contributed by atoms with Crippen LogP contribution >= 0.6 is 12.2 Å². The van der Waals surface area contributed by atoms with Crippen LogP contribution in [-0.2, 0) is 13.5 Å². The van der Waals surface area contributed by atoms with E-state index < -0.39 is 0 Å². The van der Waals surface area contributed by atoms with Crippen LogP contribution in [-0.4, -0.2) is 31.7 Å². The van der Waals surface area contributed by atoms with Gasteiger partial charge in [0.2, 0.25) is 5.89 Å². The second kappa shape index (κ2) is 11.2. The fraction of sp³-hybridized carbons (Fsp3) is 0.154. The normalized spacial score (nSPS) is 11.4. The maximum absolute atomic E-state index is 12.4. The molecule has 4 rings (SSSR count). The topological polar surface area (TPSA) is 85.9 Å². The van der Waals surface area contributed by atoms with Crippen molar-refractivity contribution in [1.29, 1.82) is 0 Å². The zero-order valence-corrected chi connectivity index (χ0v) is 19.4. The number of benzene rings is 2. The van der Waals surface area contributed by atoms with Crippen LogP contribution in [0.15, 0.2) is 94.5 Å². The molecule has 0 spiro atoms. The van der Waals surface area contributed by atoms with Crippen LogP contribution in [0.3, 0.4) is 0 Å². The lowest BCUT2D eigenvalue weighted by Gasteiger charge is -2.18. The highest BCUT2D eigenvalue weighted by molar-refractivity contribution is 7.79. The van der Waals surface area contributed by atoms with E-state index in [1.54, 1.807) is 24.7 Å². The number of nitrogens with zero attached hydrogens (tertiary/aromatic N) is 3. The smallest absolute Gasteiger partial charge is 0.341 e. The molecule has 2 aromatic heterocycles. The zero-order chi connectivity index (χ0) is 23.8. The number of aromatic nitrogens is 4. The molecule has 0 saturated carbocycles. The number of H-pyrrole nitrogens is 1. The van der Waals surface area contributed by atoms with E-state index in [0.29, 0.717) is 30.4 Å². The minimum atomic E-state index is -0.355. The van der Waals surface area contributed by atoms with E-state index in [0.717, 1.165) is 16.8 Å². The van der Waals surface area contributed by atoms with Crippen LogP contribution < -0.4 is 10.4 Å². The van der Waals surface area contributed by atoms with E-state index in [4.69, 9.17) is 21.4 Å². The molecule has 34 heavy (non-hydrogen) atoms. The predicted octanol–water partition coefficient (Wildman–Crippen LogP) is 4.64. The summed E-state index contributed by atoms with van der Waals surface area (Å²) in [7, 11) is 1.68. The van der Waals surface area contributed by atoms with Gasteiger partial charge in [-0.25, -0.2) is 14.9 Å². The summed E-state index contributed by atoms with van der Waals surface area (Å²) in [6.07, 6.45) is 3.75. The summed E-state index contributed by atoms with van der Waals surface area (Å²) in [4.78, 5) is 17.0. The van der Waals surface area contributed by atoms with Crippen LogP contribution in [0, 0.1) is 0 Å². The third-order valence-corrected chi connectivity index (χ3v) is 5.56. The monoisotopic (exact) mass is 472 g/mol. The second-order valence-corrected chi connectivity index (χ2v) is 7.76. The molecule has 0 aliphatic heterocycles. The van der Waals surface area contributed by atoms with E-state index in [9.17, 15) is 4.79 Å². The molecule has 0 bridgehead atoms. The van der Waals surface area contributed by atoms with Crippen molar-refractivity contribution in [3.63, 3.8) is 0 Å². The molecule has 172 valence electrons. The van der Waals surface area contributed by atoms with Gasteiger partial charge in [0.05, 0.1) is 18.2 Å². The Labute approximate surface area is 202 Å². The van der Waals surface area contributed by atoms with Crippen LogP contribution in [0.2, 0.25) is 0 Å². The SMILES string of the molecule is Cn1c(C(C=S)c2ccccc2OCCc2coc(-c3ccccc3)n2)ccccn[nH]c1=O. The van der Waals surface area contributed by atoms with Crippen molar-refractivity contribution in [3.05, 3.63) is 113 Å². The minimum absolute atomic E-state index is 0.346. The average molecular weight is 473 g/mol. The molecule has 8 heteroatoms. The number of para-hydroxylation sites is 1. The Kier molecular flexibility index (Phi) is 7.62. The van der Waals surface area contributed by atoms with E-state index in [1.807, 2.05) is 66.7 Å². The zero-order valence-electron chi connectivity index (χ0n) is 18.6. The fourth-order valence-electron chi connectivity index (χ4n) is 3.53. The van der Waals surface area contributed by atoms with Gasteiger partial charge in [0.15, 0.2) is 0 Å². The van der Waals surface area contributed by atoms with Crippen LogP contribution in [0.4, 0.5) is 0 Å². The molecule has 0 aliphatic rings. The van der Waals surface area contributed by atoms with Crippen molar-refractivity contribution in [3.8, 4) is 17.2 Å². The first kappa shape index (κ1) is 23.1. The maximum Gasteiger partial charge on any atom is 0.341 e. The average Bonchev–Trinajstić information content (AvgIpc) is 3.36. The second-order valence-electron chi connectivity index (χ2n) is 7.49. The number of rotatable bonds is 8. The summed E-state index contributed by atoms with van der Waals surface area (Å²) in [5, 5.41) is 7.98. The Morgan fingerprint density at radius 2 is 1.85 bits per heavy atom. The van der Waals surface area contributed by atoms with Gasteiger partial charge >= 0.3 is 5.69 Å². The van der Waals surface area contributed by atoms with Gasteiger partial charge in [-0.3, -0.25) is 4.57 Å². The van der Waals surface area contributed by atoms with Gasteiger partial charge in [-0.05, 0) is 35.7 Å². The van der Waals surface area contributed by atoms with Crippen LogP contribution in [0.1, 0.15) is 22.9 Å². The van der Waals surface area contributed by atoms with E-state index >= 15 is 0 Å². The molecular formula is C26H24N4O3S. The first-order chi connectivity index (χ1) is 16.7. The highest BCUT2D eigenvalue weighted by Gasteiger charge is 2.18. The summed E-state index contributed by atoms with van der Waals surface area (Å²) in [6.45, 7) is 0.408. The molecule has 1 atom stereocenters. The van der Waals surface area contributed by atoms with Crippen molar-refractivity contribution < 1.29 is 9.15 Å². The Morgan fingerprint density at radius 3 is 2.68 bits per heavy atom. The maximum atomic E-state index is 12.4.